The van der Waals surface area contributed by atoms with Gasteiger partial charge in [-0.3, -0.25) is 9.59 Å². The van der Waals surface area contributed by atoms with Crippen molar-refractivity contribution in [2.75, 3.05) is 0 Å². The molecule has 1 atom stereocenters. The van der Waals surface area contributed by atoms with Crippen molar-refractivity contribution >= 4 is 11.7 Å². The topological polar surface area (TPSA) is 77.8 Å². The average Bonchev–Trinajstić information content (AvgIpc) is 2.92. The number of carbonyl (C=O) groups excluding carboxylic acids is 2. The van der Waals surface area contributed by atoms with E-state index in [-0.39, 0.29) is 23.4 Å². The quantitative estimate of drug-likeness (QED) is 0.717. The van der Waals surface area contributed by atoms with Crippen LogP contribution >= 0.6 is 0 Å². The Balaban J connectivity index is 2.08. The van der Waals surface area contributed by atoms with E-state index in [9.17, 15) is 33.0 Å². The number of Topliss-reactive ketones (excluding diaryl/α,β-unsaturated/α-hetero) is 1. The van der Waals surface area contributed by atoms with Gasteiger partial charge in [-0.05, 0) is 35.4 Å². The summed E-state index contributed by atoms with van der Waals surface area (Å²) in [5.74, 6) is -2.05. The van der Waals surface area contributed by atoms with E-state index in [1.54, 1.807) is 20.8 Å². The molecule has 1 unspecified atom stereocenters. The molecule has 3 rings (SSSR count). The van der Waals surface area contributed by atoms with Crippen molar-refractivity contribution in [1.29, 1.82) is 0 Å². The highest BCUT2D eigenvalue weighted by Crippen LogP contribution is 2.42. The van der Waals surface area contributed by atoms with Crippen LogP contribution in [0.4, 0.5) is 13.2 Å². The molecular formula is C23H22F3NO4. The van der Waals surface area contributed by atoms with Gasteiger partial charge in [0.25, 0.3) is 5.91 Å². The number of aliphatic hydroxyl groups is 1. The van der Waals surface area contributed by atoms with Crippen LogP contribution in [0.5, 0.6) is 5.75 Å². The van der Waals surface area contributed by atoms with Crippen molar-refractivity contribution in [3.8, 4) is 5.75 Å². The molecule has 0 aromatic heterocycles. The minimum absolute atomic E-state index is 0.0330. The highest BCUT2D eigenvalue weighted by Gasteiger charge is 2.46. The van der Waals surface area contributed by atoms with Gasteiger partial charge in [-0.2, -0.15) is 13.2 Å². The van der Waals surface area contributed by atoms with Gasteiger partial charge in [0.05, 0.1) is 17.2 Å². The maximum Gasteiger partial charge on any atom is 0.416 e. The SMILES string of the molecule is CC(C)(C)C(=O)C1=C(O)C(=O)N(Cc2cccc(C(F)(F)F)c2)C1c1ccc(O)cc1. The fourth-order valence-electron chi connectivity index (χ4n) is 3.50. The summed E-state index contributed by atoms with van der Waals surface area (Å²) in [6.07, 6.45) is -4.55. The van der Waals surface area contributed by atoms with Crippen LogP contribution in [0.2, 0.25) is 0 Å². The first-order chi connectivity index (χ1) is 14.3. The number of aliphatic hydroxyl groups excluding tert-OH is 1. The number of halogens is 3. The van der Waals surface area contributed by atoms with Crippen molar-refractivity contribution in [2.45, 2.75) is 39.5 Å². The van der Waals surface area contributed by atoms with E-state index in [0.717, 1.165) is 17.0 Å². The van der Waals surface area contributed by atoms with Crippen LogP contribution < -0.4 is 0 Å². The molecule has 1 aliphatic rings. The maximum absolute atomic E-state index is 13.1. The molecule has 0 radical (unpaired) electrons. The molecule has 2 N–H and O–H groups in total. The van der Waals surface area contributed by atoms with Crippen molar-refractivity contribution < 1.29 is 33.0 Å². The minimum atomic E-state index is -4.55. The summed E-state index contributed by atoms with van der Waals surface area (Å²) in [5, 5.41) is 20.1. The summed E-state index contributed by atoms with van der Waals surface area (Å²) in [6.45, 7) is 4.68. The molecule has 2 aromatic carbocycles. The summed E-state index contributed by atoms with van der Waals surface area (Å²) in [6, 6.07) is 9.28. The number of phenols is 1. The van der Waals surface area contributed by atoms with Gasteiger partial charge in [0, 0.05) is 12.0 Å². The predicted molar refractivity (Wildman–Crippen MR) is 107 cm³/mol. The van der Waals surface area contributed by atoms with Crippen molar-refractivity contribution in [2.24, 2.45) is 5.41 Å². The van der Waals surface area contributed by atoms with Gasteiger partial charge >= 0.3 is 6.18 Å². The van der Waals surface area contributed by atoms with Crippen LogP contribution in [0.1, 0.15) is 43.5 Å². The molecular weight excluding hydrogens is 411 g/mol. The Morgan fingerprint density at radius 2 is 1.65 bits per heavy atom. The molecule has 8 heteroatoms. The van der Waals surface area contributed by atoms with Gasteiger partial charge in [-0.25, -0.2) is 0 Å². The van der Waals surface area contributed by atoms with Gasteiger partial charge in [0.1, 0.15) is 5.75 Å². The van der Waals surface area contributed by atoms with Gasteiger partial charge in [0.15, 0.2) is 11.5 Å². The van der Waals surface area contributed by atoms with Crippen molar-refractivity contribution in [1.82, 2.24) is 4.90 Å². The van der Waals surface area contributed by atoms with Gasteiger partial charge in [-0.15, -0.1) is 0 Å². The van der Waals surface area contributed by atoms with E-state index in [1.807, 2.05) is 0 Å². The molecule has 1 aliphatic heterocycles. The predicted octanol–water partition coefficient (Wildman–Crippen LogP) is 4.92. The summed E-state index contributed by atoms with van der Waals surface area (Å²) >= 11 is 0. The normalized spacial score (nSPS) is 17.4. The van der Waals surface area contributed by atoms with E-state index < -0.39 is 40.6 Å². The van der Waals surface area contributed by atoms with E-state index in [1.165, 1.54) is 36.4 Å². The van der Waals surface area contributed by atoms with Crippen LogP contribution in [-0.4, -0.2) is 26.8 Å². The lowest BCUT2D eigenvalue weighted by Gasteiger charge is -2.29. The third-order valence-electron chi connectivity index (χ3n) is 5.05. The number of nitrogens with zero attached hydrogens (tertiary/aromatic N) is 1. The fraction of sp³-hybridized carbons (Fsp3) is 0.304. The van der Waals surface area contributed by atoms with Gasteiger partial charge in [0.2, 0.25) is 0 Å². The number of amides is 1. The number of hydrogen-bond acceptors (Lipinski definition) is 4. The van der Waals surface area contributed by atoms with E-state index in [4.69, 9.17) is 0 Å². The van der Waals surface area contributed by atoms with Crippen molar-refractivity contribution in [3.63, 3.8) is 0 Å². The van der Waals surface area contributed by atoms with E-state index in [0.29, 0.717) is 5.56 Å². The molecule has 0 saturated carbocycles. The van der Waals surface area contributed by atoms with E-state index >= 15 is 0 Å². The van der Waals surface area contributed by atoms with Gasteiger partial charge in [-0.1, -0.05) is 45.0 Å². The Hall–Kier alpha value is -3.29. The second kappa shape index (κ2) is 7.76. The Labute approximate surface area is 177 Å². The number of benzene rings is 2. The molecule has 5 nitrogen and oxygen atoms in total. The second-order valence-corrected chi connectivity index (χ2v) is 8.47. The molecule has 2 aromatic rings. The highest BCUT2D eigenvalue weighted by atomic mass is 19.4. The molecule has 0 spiro atoms. The lowest BCUT2D eigenvalue weighted by molar-refractivity contribution is -0.137. The Morgan fingerprint density at radius 1 is 1.03 bits per heavy atom. The highest BCUT2D eigenvalue weighted by molar-refractivity contribution is 6.10. The van der Waals surface area contributed by atoms with Crippen LogP contribution in [-0.2, 0) is 22.3 Å². The second-order valence-electron chi connectivity index (χ2n) is 8.47. The molecule has 0 saturated heterocycles. The molecule has 164 valence electrons. The first kappa shape index (κ1) is 22.4. The van der Waals surface area contributed by atoms with Gasteiger partial charge < -0.3 is 15.1 Å². The Kier molecular flexibility index (Phi) is 5.60. The number of rotatable bonds is 4. The summed E-state index contributed by atoms with van der Waals surface area (Å²) in [7, 11) is 0. The zero-order chi connectivity index (χ0) is 23.1. The minimum Gasteiger partial charge on any atom is -0.508 e. The fourth-order valence-corrected chi connectivity index (χ4v) is 3.50. The smallest absolute Gasteiger partial charge is 0.416 e. The zero-order valence-corrected chi connectivity index (χ0v) is 17.2. The first-order valence-electron chi connectivity index (χ1n) is 9.54. The molecule has 0 bridgehead atoms. The summed E-state index contributed by atoms with van der Waals surface area (Å²) in [4.78, 5) is 27.1. The number of carbonyl (C=O) groups is 2. The summed E-state index contributed by atoms with van der Waals surface area (Å²) in [5.41, 5.74) is -1.25. The van der Waals surface area contributed by atoms with Crippen LogP contribution in [0, 0.1) is 5.41 Å². The number of ketones is 1. The first-order valence-corrected chi connectivity index (χ1v) is 9.54. The number of alkyl halides is 3. The largest absolute Gasteiger partial charge is 0.508 e. The summed E-state index contributed by atoms with van der Waals surface area (Å²) < 4.78 is 39.3. The van der Waals surface area contributed by atoms with Crippen molar-refractivity contribution in [3.05, 3.63) is 76.6 Å². The molecule has 1 heterocycles. The lowest BCUT2D eigenvalue weighted by atomic mass is 9.82. The maximum atomic E-state index is 13.1. The molecule has 0 fully saturated rings. The zero-order valence-electron chi connectivity index (χ0n) is 17.2. The standard InChI is InChI=1S/C23H22F3NO4/c1-22(2,3)20(30)17-18(14-7-9-16(28)10-8-14)27(21(31)19(17)29)12-13-5-4-6-15(11-13)23(24,25)26/h4-11,18,28-29H,12H2,1-3H3. The monoisotopic (exact) mass is 433 g/mol. The third kappa shape index (κ3) is 4.42. The number of phenolic OH excluding ortho intramolecular Hbond substituents is 1. The Bertz CT molecular complexity index is 1050. The van der Waals surface area contributed by atoms with Crippen LogP contribution in [0.25, 0.3) is 0 Å². The molecule has 1 amide bonds. The molecule has 31 heavy (non-hydrogen) atoms. The third-order valence-corrected chi connectivity index (χ3v) is 5.05. The lowest BCUT2D eigenvalue weighted by Crippen LogP contribution is -2.32. The Morgan fingerprint density at radius 3 is 2.19 bits per heavy atom. The average molecular weight is 433 g/mol. The number of hydrogen-bond donors (Lipinski definition) is 2. The number of aromatic hydroxyl groups is 1. The molecule has 0 aliphatic carbocycles. The van der Waals surface area contributed by atoms with E-state index in [2.05, 4.69) is 0 Å². The van der Waals surface area contributed by atoms with Crippen LogP contribution in [0.15, 0.2) is 59.9 Å². The van der Waals surface area contributed by atoms with Crippen LogP contribution in [0.3, 0.4) is 0 Å².